The topological polar surface area (TPSA) is 61.3 Å². The molecule has 2 aromatic rings. The lowest BCUT2D eigenvalue weighted by atomic mass is 9.75. The summed E-state index contributed by atoms with van der Waals surface area (Å²) < 4.78 is 11.4. The normalized spacial score (nSPS) is 23.6. The number of ether oxygens (including phenoxy) is 2. The average molecular weight is 342 g/mol. The number of hydrogen-bond donors (Lipinski definition) is 0. The van der Waals surface area contributed by atoms with Crippen LogP contribution in [0.1, 0.15) is 40.0 Å². The van der Waals surface area contributed by atoms with Gasteiger partial charge in [0, 0.05) is 0 Å². The molecule has 3 atom stereocenters. The van der Waals surface area contributed by atoms with Crippen molar-refractivity contribution in [3.63, 3.8) is 0 Å². The molecule has 0 N–H and O–H groups in total. The second kappa shape index (κ2) is 7.81. The molecule has 25 heavy (non-hydrogen) atoms. The van der Waals surface area contributed by atoms with Crippen LogP contribution in [0, 0.1) is 17.8 Å². The van der Waals surface area contributed by atoms with Crippen LogP contribution in [0.4, 0.5) is 0 Å². The van der Waals surface area contributed by atoms with Crippen LogP contribution in [0.15, 0.2) is 30.6 Å². The number of fused-ring (bicyclic) bond motifs is 1. The van der Waals surface area contributed by atoms with Crippen LogP contribution in [0.2, 0.25) is 0 Å². The third kappa shape index (κ3) is 4.27. The van der Waals surface area contributed by atoms with Crippen LogP contribution in [-0.2, 0) is 9.53 Å². The Morgan fingerprint density at radius 2 is 2.04 bits per heavy atom. The van der Waals surface area contributed by atoms with Gasteiger partial charge in [-0.2, -0.15) is 0 Å². The van der Waals surface area contributed by atoms with E-state index in [0.717, 1.165) is 23.7 Å². The van der Waals surface area contributed by atoms with E-state index in [0.29, 0.717) is 23.6 Å². The fraction of sp³-hybridized carbons (Fsp3) is 0.550. The number of benzene rings is 1. The molecule has 1 aliphatic rings. The second-order valence-electron chi connectivity index (χ2n) is 7.34. The molecule has 0 radical (unpaired) electrons. The third-order valence-corrected chi connectivity index (χ3v) is 5.08. The van der Waals surface area contributed by atoms with Gasteiger partial charge in [0.2, 0.25) is 5.88 Å². The van der Waals surface area contributed by atoms with Crippen molar-refractivity contribution in [2.24, 2.45) is 17.8 Å². The molecule has 0 aliphatic heterocycles. The zero-order chi connectivity index (χ0) is 17.8. The van der Waals surface area contributed by atoms with Gasteiger partial charge in [-0.05, 0) is 42.7 Å². The molecule has 1 aromatic carbocycles. The summed E-state index contributed by atoms with van der Waals surface area (Å²) in [5, 5.41) is 0.796. The Bertz CT molecular complexity index is 726. The number of esters is 1. The minimum atomic E-state index is -0.326. The Hall–Kier alpha value is -2.17. The van der Waals surface area contributed by atoms with Crippen molar-refractivity contribution < 1.29 is 14.3 Å². The van der Waals surface area contributed by atoms with E-state index in [-0.39, 0.29) is 18.7 Å². The van der Waals surface area contributed by atoms with Gasteiger partial charge in [0.15, 0.2) is 6.61 Å². The van der Waals surface area contributed by atoms with E-state index in [1.807, 2.05) is 24.3 Å². The number of hydrogen-bond acceptors (Lipinski definition) is 5. The molecule has 1 saturated carbocycles. The van der Waals surface area contributed by atoms with E-state index in [1.54, 1.807) is 0 Å². The van der Waals surface area contributed by atoms with Crippen molar-refractivity contribution in [3.8, 4) is 5.88 Å². The van der Waals surface area contributed by atoms with Crippen molar-refractivity contribution in [1.82, 2.24) is 9.97 Å². The van der Waals surface area contributed by atoms with Crippen LogP contribution < -0.4 is 4.74 Å². The predicted molar refractivity (Wildman–Crippen MR) is 96.3 cm³/mol. The van der Waals surface area contributed by atoms with E-state index in [9.17, 15) is 4.79 Å². The van der Waals surface area contributed by atoms with Crippen LogP contribution in [0.3, 0.4) is 0 Å². The minimum Gasteiger partial charge on any atom is -0.465 e. The van der Waals surface area contributed by atoms with Crippen LogP contribution >= 0.6 is 0 Å². The molecule has 0 amide bonds. The summed E-state index contributed by atoms with van der Waals surface area (Å²) in [6.07, 6.45) is 4.70. The molecule has 1 fully saturated rings. The molecule has 1 aliphatic carbocycles. The molecule has 3 rings (SSSR count). The molecule has 134 valence electrons. The van der Waals surface area contributed by atoms with Crippen molar-refractivity contribution in [2.75, 3.05) is 6.61 Å². The van der Waals surface area contributed by atoms with Crippen molar-refractivity contribution in [3.05, 3.63) is 30.6 Å². The van der Waals surface area contributed by atoms with E-state index in [2.05, 4.69) is 30.7 Å². The first-order valence-electron chi connectivity index (χ1n) is 9.06. The van der Waals surface area contributed by atoms with Gasteiger partial charge in [0.25, 0.3) is 0 Å². The number of carbonyl (C=O) groups is 1. The molecule has 0 bridgehead atoms. The molecular formula is C20H26N2O3. The average Bonchev–Trinajstić information content (AvgIpc) is 2.59. The molecule has 5 heteroatoms. The maximum atomic E-state index is 12.3. The third-order valence-electron chi connectivity index (χ3n) is 5.08. The molecule has 0 saturated heterocycles. The van der Waals surface area contributed by atoms with Gasteiger partial charge in [-0.3, -0.25) is 0 Å². The Labute approximate surface area is 148 Å². The second-order valence-corrected chi connectivity index (χ2v) is 7.34. The smallest absolute Gasteiger partial charge is 0.344 e. The van der Waals surface area contributed by atoms with Crippen LogP contribution in [-0.4, -0.2) is 28.6 Å². The number of para-hydroxylation sites is 1. The van der Waals surface area contributed by atoms with Crippen molar-refractivity contribution >= 4 is 16.9 Å². The van der Waals surface area contributed by atoms with Gasteiger partial charge in [-0.25, -0.2) is 14.8 Å². The standard InChI is InChI=1S/C20H26N2O3/c1-13(2)15-9-8-14(3)10-18(15)25-19(23)11-24-20-16-6-4-5-7-17(16)21-12-22-20/h4-7,12-15,18H,8-11H2,1-3H3/t14-,15-,18+/m0/s1. The summed E-state index contributed by atoms with van der Waals surface area (Å²) in [6.45, 7) is 6.49. The summed E-state index contributed by atoms with van der Waals surface area (Å²) in [6, 6.07) is 7.57. The Morgan fingerprint density at radius 3 is 2.84 bits per heavy atom. The quantitative estimate of drug-likeness (QED) is 0.768. The number of nitrogens with zero attached hydrogens (tertiary/aromatic N) is 2. The minimum absolute atomic E-state index is 0.0120. The first-order valence-corrected chi connectivity index (χ1v) is 9.06. The zero-order valence-electron chi connectivity index (χ0n) is 15.1. The van der Waals surface area contributed by atoms with E-state index < -0.39 is 0 Å². The lowest BCUT2D eigenvalue weighted by Gasteiger charge is -2.36. The van der Waals surface area contributed by atoms with Gasteiger partial charge in [-0.15, -0.1) is 0 Å². The van der Waals surface area contributed by atoms with Crippen LogP contribution in [0.25, 0.3) is 10.9 Å². The molecular weight excluding hydrogens is 316 g/mol. The van der Waals surface area contributed by atoms with Crippen molar-refractivity contribution in [2.45, 2.75) is 46.1 Å². The fourth-order valence-corrected chi connectivity index (χ4v) is 3.68. The van der Waals surface area contributed by atoms with E-state index in [1.165, 1.54) is 12.7 Å². The number of rotatable bonds is 5. The number of carbonyl (C=O) groups excluding carboxylic acids is 1. The molecule has 0 spiro atoms. The van der Waals surface area contributed by atoms with Gasteiger partial charge in [0.05, 0.1) is 10.9 Å². The highest BCUT2D eigenvalue weighted by Crippen LogP contribution is 2.35. The zero-order valence-corrected chi connectivity index (χ0v) is 15.1. The monoisotopic (exact) mass is 342 g/mol. The summed E-state index contributed by atoms with van der Waals surface area (Å²) in [5.41, 5.74) is 0.793. The van der Waals surface area contributed by atoms with E-state index in [4.69, 9.17) is 9.47 Å². The Morgan fingerprint density at radius 1 is 1.24 bits per heavy atom. The number of aromatic nitrogens is 2. The molecule has 1 heterocycles. The lowest BCUT2D eigenvalue weighted by molar-refractivity contribution is -0.158. The summed E-state index contributed by atoms with van der Waals surface area (Å²) >= 11 is 0. The first-order chi connectivity index (χ1) is 12.0. The first kappa shape index (κ1) is 17.6. The Balaban J connectivity index is 1.62. The lowest BCUT2D eigenvalue weighted by Crippen LogP contribution is -2.37. The molecule has 0 unspecified atom stereocenters. The van der Waals surface area contributed by atoms with Crippen molar-refractivity contribution in [1.29, 1.82) is 0 Å². The van der Waals surface area contributed by atoms with Gasteiger partial charge in [0.1, 0.15) is 12.4 Å². The predicted octanol–water partition coefficient (Wildman–Crippen LogP) is 4.01. The highest BCUT2D eigenvalue weighted by molar-refractivity contribution is 5.83. The highest BCUT2D eigenvalue weighted by atomic mass is 16.6. The summed E-state index contributed by atoms with van der Waals surface area (Å²) in [4.78, 5) is 20.6. The van der Waals surface area contributed by atoms with E-state index >= 15 is 0 Å². The van der Waals surface area contributed by atoms with Gasteiger partial charge >= 0.3 is 5.97 Å². The molecule has 5 nitrogen and oxygen atoms in total. The fourth-order valence-electron chi connectivity index (χ4n) is 3.68. The SMILES string of the molecule is CC(C)[C@@H]1CC[C@H](C)C[C@H]1OC(=O)COc1ncnc2ccccc12. The maximum Gasteiger partial charge on any atom is 0.344 e. The van der Waals surface area contributed by atoms with Crippen LogP contribution in [0.5, 0.6) is 5.88 Å². The summed E-state index contributed by atoms with van der Waals surface area (Å²) in [7, 11) is 0. The maximum absolute atomic E-state index is 12.3. The summed E-state index contributed by atoms with van der Waals surface area (Å²) in [5.74, 6) is 1.63. The Kier molecular flexibility index (Phi) is 5.51. The van der Waals surface area contributed by atoms with Gasteiger partial charge < -0.3 is 9.47 Å². The largest absolute Gasteiger partial charge is 0.465 e. The van der Waals surface area contributed by atoms with Gasteiger partial charge in [-0.1, -0.05) is 39.3 Å². The molecule has 1 aromatic heterocycles. The highest BCUT2D eigenvalue weighted by Gasteiger charge is 2.33.